The molecule has 0 saturated carbocycles. The first-order valence-electron chi connectivity index (χ1n) is 4.20. The average Bonchev–Trinajstić information content (AvgIpc) is 2.23. The third-order valence-electron chi connectivity index (χ3n) is 2.04. The lowest BCUT2D eigenvalue weighted by atomic mass is 10.2. The lowest BCUT2D eigenvalue weighted by molar-refractivity contribution is 0.722. The fourth-order valence-electron chi connectivity index (χ4n) is 1.42. The normalized spacial score (nSPS) is 11.2. The van der Waals surface area contributed by atoms with Crippen molar-refractivity contribution in [2.24, 2.45) is 0 Å². The number of aromatic nitrogens is 1. The Labute approximate surface area is 79.9 Å². The summed E-state index contributed by atoms with van der Waals surface area (Å²) >= 11 is 0. The summed E-state index contributed by atoms with van der Waals surface area (Å²) in [7, 11) is 0. The maximum absolute atomic E-state index is 12.0. The smallest absolute Gasteiger partial charge is 0.255 e. The van der Waals surface area contributed by atoms with E-state index in [0.717, 1.165) is 11.6 Å². The molecule has 0 atom stereocenters. The van der Waals surface area contributed by atoms with Crippen molar-refractivity contribution in [3.05, 3.63) is 53.1 Å². The van der Waals surface area contributed by atoms with E-state index in [2.05, 4.69) is 0 Å². The minimum Gasteiger partial charge on any atom is -0.281 e. The first kappa shape index (κ1) is 8.69. The molecule has 0 fully saturated rings. The summed E-state index contributed by atoms with van der Waals surface area (Å²) in [6.07, 6.45) is 1.47. The van der Waals surface area contributed by atoms with Gasteiger partial charge < -0.3 is 0 Å². The highest BCUT2D eigenvalue weighted by Crippen LogP contribution is 2.10. The van der Waals surface area contributed by atoms with Gasteiger partial charge in [0.2, 0.25) is 0 Å². The van der Waals surface area contributed by atoms with Crippen LogP contribution in [-0.4, -0.2) is 4.57 Å². The molecule has 0 saturated heterocycles. The molecule has 3 heteroatoms. The fourth-order valence-corrected chi connectivity index (χ4v) is 1.42. The Bertz CT molecular complexity index is 542. The number of pyridine rings is 1. The standard InChI is InChI=1S/C11H8FNO/c12-7-8-13-10-4-2-1-3-9(10)5-6-11(13)14/h1-8H. The molecule has 0 unspecified atom stereocenters. The number of hydrogen-bond donors (Lipinski definition) is 0. The van der Waals surface area contributed by atoms with Crippen LogP contribution in [0, 0.1) is 0 Å². The zero-order valence-corrected chi connectivity index (χ0v) is 7.35. The number of hydrogen-bond acceptors (Lipinski definition) is 1. The van der Waals surface area contributed by atoms with E-state index in [1.807, 2.05) is 18.2 Å². The van der Waals surface area contributed by atoms with Gasteiger partial charge in [0.15, 0.2) is 0 Å². The third-order valence-corrected chi connectivity index (χ3v) is 2.04. The SMILES string of the molecule is O=c1ccc2ccccc2n1C=CF. The molecule has 0 bridgehead atoms. The second-order valence-corrected chi connectivity index (χ2v) is 2.88. The van der Waals surface area contributed by atoms with Crippen LogP contribution < -0.4 is 5.56 Å². The Hall–Kier alpha value is -1.90. The van der Waals surface area contributed by atoms with Gasteiger partial charge in [0, 0.05) is 12.3 Å². The molecule has 0 aliphatic heterocycles. The van der Waals surface area contributed by atoms with Crippen molar-refractivity contribution < 1.29 is 4.39 Å². The molecular formula is C11H8FNO. The van der Waals surface area contributed by atoms with Crippen molar-refractivity contribution in [2.75, 3.05) is 0 Å². The van der Waals surface area contributed by atoms with Crippen molar-refractivity contribution in [1.29, 1.82) is 0 Å². The van der Waals surface area contributed by atoms with Gasteiger partial charge in [-0.25, -0.2) is 4.39 Å². The van der Waals surface area contributed by atoms with Crippen molar-refractivity contribution >= 4 is 17.1 Å². The molecule has 1 aromatic heterocycles. The summed E-state index contributed by atoms with van der Waals surface area (Å²) in [5.41, 5.74) is 0.464. The lowest BCUT2D eigenvalue weighted by Gasteiger charge is -2.03. The maximum atomic E-state index is 12.0. The average molecular weight is 189 g/mol. The maximum Gasteiger partial charge on any atom is 0.255 e. The molecular weight excluding hydrogens is 181 g/mol. The van der Waals surface area contributed by atoms with Crippen molar-refractivity contribution in [3.8, 4) is 0 Å². The molecule has 0 aliphatic carbocycles. The van der Waals surface area contributed by atoms with Crippen molar-refractivity contribution in [3.63, 3.8) is 0 Å². The minimum atomic E-state index is -0.238. The highest BCUT2D eigenvalue weighted by Gasteiger charge is 1.98. The number of nitrogens with zero attached hydrogens (tertiary/aromatic N) is 1. The molecule has 2 rings (SSSR count). The largest absolute Gasteiger partial charge is 0.281 e. The van der Waals surface area contributed by atoms with Crippen LogP contribution in [0.3, 0.4) is 0 Å². The van der Waals surface area contributed by atoms with E-state index in [1.54, 1.807) is 12.1 Å². The Kier molecular flexibility index (Phi) is 2.14. The molecule has 1 aromatic carbocycles. The van der Waals surface area contributed by atoms with Crippen molar-refractivity contribution in [1.82, 2.24) is 4.57 Å². The van der Waals surface area contributed by atoms with Crippen LogP contribution >= 0.6 is 0 Å². The Balaban J connectivity index is 2.89. The first-order valence-corrected chi connectivity index (χ1v) is 4.20. The Morgan fingerprint density at radius 3 is 2.71 bits per heavy atom. The van der Waals surface area contributed by atoms with Crippen LogP contribution in [0.25, 0.3) is 17.1 Å². The number of fused-ring (bicyclic) bond motifs is 1. The molecule has 1 heterocycles. The summed E-state index contributed by atoms with van der Waals surface area (Å²) in [4.78, 5) is 11.4. The van der Waals surface area contributed by atoms with E-state index in [0.29, 0.717) is 11.8 Å². The van der Waals surface area contributed by atoms with Gasteiger partial charge in [-0.15, -0.1) is 0 Å². The van der Waals surface area contributed by atoms with Gasteiger partial charge in [-0.2, -0.15) is 0 Å². The second-order valence-electron chi connectivity index (χ2n) is 2.88. The summed E-state index contributed by atoms with van der Waals surface area (Å²) < 4.78 is 13.3. The monoisotopic (exact) mass is 189 g/mol. The zero-order valence-electron chi connectivity index (χ0n) is 7.35. The lowest BCUT2D eigenvalue weighted by Crippen LogP contribution is -2.13. The van der Waals surface area contributed by atoms with Gasteiger partial charge >= 0.3 is 0 Å². The Morgan fingerprint density at radius 1 is 1.14 bits per heavy atom. The van der Waals surface area contributed by atoms with Crippen molar-refractivity contribution in [2.45, 2.75) is 0 Å². The number of rotatable bonds is 1. The fraction of sp³-hybridized carbons (Fsp3) is 0. The molecule has 2 nitrogen and oxygen atoms in total. The highest BCUT2D eigenvalue weighted by atomic mass is 19.1. The van der Waals surface area contributed by atoms with Crippen LogP contribution in [0.4, 0.5) is 4.39 Å². The van der Waals surface area contributed by atoms with Crippen LogP contribution in [0.15, 0.2) is 47.5 Å². The summed E-state index contributed by atoms with van der Waals surface area (Å²) in [5.74, 6) is 0. The third kappa shape index (κ3) is 1.33. The van der Waals surface area contributed by atoms with Gasteiger partial charge in [0.25, 0.3) is 5.56 Å². The van der Waals surface area contributed by atoms with Gasteiger partial charge in [0.1, 0.15) is 6.33 Å². The summed E-state index contributed by atoms with van der Waals surface area (Å²) in [6, 6.07) is 10.5. The molecule has 70 valence electrons. The molecule has 0 radical (unpaired) electrons. The Morgan fingerprint density at radius 2 is 1.93 bits per heavy atom. The van der Waals surface area contributed by atoms with Crippen LogP contribution in [0.2, 0.25) is 0 Å². The zero-order chi connectivity index (χ0) is 9.97. The topological polar surface area (TPSA) is 22.0 Å². The predicted octanol–water partition coefficient (Wildman–Crippen LogP) is 2.40. The summed E-state index contributed by atoms with van der Waals surface area (Å²) in [6.45, 7) is 0. The molecule has 0 N–H and O–H groups in total. The van der Waals surface area contributed by atoms with E-state index in [1.165, 1.54) is 10.6 Å². The second kappa shape index (κ2) is 3.46. The number of halogens is 1. The minimum absolute atomic E-state index is 0.238. The highest BCUT2D eigenvalue weighted by molar-refractivity contribution is 5.80. The molecule has 0 amide bonds. The number of benzene rings is 1. The van der Waals surface area contributed by atoms with Crippen LogP contribution in [0.1, 0.15) is 0 Å². The van der Waals surface area contributed by atoms with E-state index in [9.17, 15) is 9.18 Å². The van der Waals surface area contributed by atoms with E-state index < -0.39 is 0 Å². The molecule has 14 heavy (non-hydrogen) atoms. The molecule has 2 aromatic rings. The van der Waals surface area contributed by atoms with Gasteiger partial charge in [-0.05, 0) is 17.5 Å². The quantitative estimate of drug-likeness (QED) is 0.675. The van der Waals surface area contributed by atoms with E-state index in [4.69, 9.17) is 0 Å². The van der Waals surface area contributed by atoms with Gasteiger partial charge in [-0.3, -0.25) is 9.36 Å². The van der Waals surface area contributed by atoms with E-state index >= 15 is 0 Å². The number of para-hydroxylation sites is 1. The molecule has 0 spiro atoms. The van der Waals surface area contributed by atoms with Crippen LogP contribution in [-0.2, 0) is 0 Å². The summed E-state index contributed by atoms with van der Waals surface area (Å²) in [5, 5.41) is 0.908. The van der Waals surface area contributed by atoms with Gasteiger partial charge in [0.05, 0.1) is 5.52 Å². The van der Waals surface area contributed by atoms with E-state index in [-0.39, 0.29) is 5.56 Å². The van der Waals surface area contributed by atoms with Gasteiger partial charge in [-0.1, -0.05) is 18.2 Å². The predicted molar refractivity (Wildman–Crippen MR) is 54.6 cm³/mol. The van der Waals surface area contributed by atoms with Crippen LogP contribution in [0.5, 0.6) is 0 Å². The first-order chi connectivity index (χ1) is 6.83. The molecule has 0 aliphatic rings.